The number of carbonyl (C=O) groups is 3. The van der Waals surface area contributed by atoms with Crippen LogP contribution >= 0.6 is 11.3 Å². The van der Waals surface area contributed by atoms with E-state index in [1.54, 1.807) is 35.2 Å². The number of amides is 3. The molecule has 2 saturated heterocycles. The van der Waals surface area contributed by atoms with Crippen molar-refractivity contribution in [1.29, 1.82) is 0 Å². The minimum atomic E-state index is -0.804. The van der Waals surface area contributed by atoms with Gasteiger partial charge >= 0.3 is 6.09 Å². The molecule has 1 N–H and O–H groups in total. The highest BCUT2D eigenvalue weighted by molar-refractivity contribution is 7.12. The standard InChI is InChI=1S/C27H27N3O5S/c1-18-5-2-3-6-20(18)17-30-23(26(32)29-12-14-34-15-13-29)24(35-27(30)33)19-8-10-21(11-9-19)28-25(31)22-7-4-16-36-22/h2-11,16,23-24H,12-15,17H2,1H3,(H,28,31)/t23-,24-/m1/s1. The van der Waals surface area contributed by atoms with Crippen molar-refractivity contribution in [3.05, 3.63) is 87.6 Å². The smallest absolute Gasteiger partial charge is 0.411 e. The zero-order valence-electron chi connectivity index (χ0n) is 19.9. The highest BCUT2D eigenvalue weighted by Crippen LogP contribution is 2.36. The van der Waals surface area contributed by atoms with Crippen LogP contribution in [0.15, 0.2) is 66.0 Å². The number of thiophene rings is 1. The van der Waals surface area contributed by atoms with Gasteiger partial charge in [-0.1, -0.05) is 42.5 Å². The summed E-state index contributed by atoms with van der Waals surface area (Å²) in [7, 11) is 0. The molecule has 36 heavy (non-hydrogen) atoms. The van der Waals surface area contributed by atoms with Crippen LogP contribution in [0, 0.1) is 6.92 Å². The van der Waals surface area contributed by atoms with Crippen molar-refractivity contribution < 1.29 is 23.9 Å². The Morgan fingerprint density at radius 2 is 1.78 bits per heavy atom. The molecule has 0 saturated carbocycles. The molecule has 2 aliphatic rings. The molecule has 8 nitrogen and oxygen atoms in total. The van der Waals surface area contributed by atoms with Gasteiger partial charge in [0.05, 0.1) is 24.6 Å². The normalized spacial score (nSPS) is 19.8. The number of rotatable bonds is 6. The van der Waals surface area contributed by atoms with Gasteiger partial charge in [0.25, 0.3) is 5.91 Å². The Morgan fingerprint density at radius 3 is 2.47 bits per heavy atom. The number of nitrogens with zero attached hydrogens (tertiary/aromatic N) is 2. The number of cyclic esters (lactones) is 1. The number of carbonyl (C=O) groups excluding carboxylic acids is 3. The number of ether oxygens (including phenoxy) is 2. The fraction of sp³-hybridized carbons (Fsp3) is 0.296. The maximum Gasteiger partial charge on any atom is 0.411 e. The van der Waals surface area contributed by atoms with E-state index in [0.717, 1.165) is 11.1 Å². The fourth-order valence-electron chi connectivity index (χ4n) is 4.49. The Labute approximate surface area is 213 Å². The molecule has 3 aromatic rings. The van der Waals surface area contributed by atoms with Crippen molar-refractivity contribution in [2.45, 2.75) is 25.6 Å². The molecule has 2 aliphatic heterocycles. The highest BCUT2D eigenvalue weighted by Gasteiger charge is 2.48. The lowest BCUT2D eigenvalue weighted by atomic mass is 9.99. The predicted octanol–water partition coefficient (Wildman–Crippen LogP) is 4.23. The molecule has 0 radical (unpaired) electrons. The molecule has 1 aromatic heterocycles. The van der Waals surface area contributed by atoms with Crippen molar-refractivity contribution in [2.75, 3.05) is 31.6 Å². The van der Waals surface area contributed by atoms with Crippen LogP contribution in [0.3, 0.4) is 0 Å². The fourth-order valence-corrected chi connectivity index (χ4v) is 5.11. The van der Waals surface area contributed by atoms with E-state index in [1.165, 1.54) is 16.2 Å². The van der Waals surface area contributed by atoms with Crippen LogP contribution in [0.1, 0.15) is 32.5 Å². The van der Waals surface area contributed by atoms with Gasteiger partial charge in [-0.15, -0.1) is 11.3 Å². The third kappa shape index (κ3) is 4.98. The van der Waals surface area contributed by atoms with Crippen molar-refractivity contribution >= 4 is 34.9 Å². The molecule has 3 heterocycles. The molecule has 186 valence electrons. The minimum Gasteiger partial charge on any atom is -0.438 e. The van der Waals surface area contributed by atoms with Crippen LogP contribution in [0.5, 0.6) is 0 Å². The van der Waals surface area contributed by atoms with E-state index in [0.29, 0.717) is 42.4 Å². The molecule has 2 atom stereocenters. The maximum absolute atomic E-state index is 13.7. The van der Waals surface area contributed by atoms with Gasteiger partial charge in [0.1, 0.15) is 0 Å². The van der Waals surface area contributed by atoms with Gasteiger partial charge in [-0.05, 0) is 47.2 Å². The monoisotopic (exact) mass is 505 g/mol. The Balaban J connectivity index is 1.40. The highest BCUT2D eigenvalue weighted by atomic mass is 32.1. The van der Waals surface area contributed by atoms with E-state index >= 15 is 0 Å². The number of aryl methyl sites for hydroxylation is 1. The summed E-state index contributed by atoms with van der Waals surface area (Å²) >= 11 is 1.37. The molecule has 2 fully saturated rings. The summed E-state index contributed by atoms with van der Waals surface area (Å²) in [5.74, 6) is -0.340. The molecule has 0 spiro atoms. The maximum atomic E-state index is 13.7. The quantitative estimate of drug-likeness (QED) is 0.542. The Bertz CT molecular complexity index is 1240. The van der Waals surface area contributed by atoms with Crippen LogP contribution in [-0.4, -0.2) is 60.1 Å². The molecule has 3 amide bonds. The first-order chi connectivity index (χ1) is 17.5. The number of hydrogen-bond donors (Lipinski definition) is 1. The van der Waals surface area contributed by atoms with Crippen LogP contribution in [-0.2, 0) is 20.8 Å². The molecular weight excluding hydrogens is 478 g/mol. The van der Waals surface area contributed by atoms with Gasteiger partial charge in [-0.25, -0.2) is 4.79 Å². The second kappa shape index (κ2) is 10.5. The van der Waals surface area contributed by atoms with E-state index in [2.05, 4.69) is 5.32 Å². The number of morpholine rings is 1. The molecule has 9 heteroatoms. The van der Waals surface area contributed by atoms with E-state index in [1.807, 2.05) is 42.6 Å². The Hall–Kier alpha value is -3.69. The van der Waals surface area contributed by atoms with E-state index in [9.17, 15) is 14.4 Å². The largest absolute Gasteiger partial charge is 0.438 e. The summed E-state index contributed by atoms with van der Waals surface area (Å²) in [6.07, 6.45) is -1.29. The first-order valence-electron chi connectivity index (χ1n) is 11.8. The van der Waals surface area contributed by atoms with E-state index in [4.69, 9.17) is 9.47 Å². The summed E-state index contributed by atoms with van der Waals surface area (Å²) in [4.78, 5) is 43.0. The number of anilines is 1. The third-order valence-corrected chi connectivity index (χ3v) is 7.37. The van der Waals surface area contributed by atoms with Gasteiger partial charge in [0.2, 0.25) is 5.91 Å². The Kier molecular flexibility index (Phi) is 7.02. The zero-order valence-corrected chi connectivity index (χ0v) is 20.7. The lowest BCUT2D eigenvalue weighted by molar-refractivity contribution is -0.141. The summed E-state index contributed by atoms with van der Waals surface area (Å²) in [5.41, 5.74) is 3.31. The second-order valence-corrected chi connectivity index (χ2v) is 9.74. The van der Waals surface area contributed by atoms with Crippen molar-refractivity contribution in [3.63, 3.8) is 0 Å². The van der Waals surface area contributed by atoms with E-state index in [-0.39, 0.29) is 18.4 Å². The van der Waals surface area contributed by atoms with Gasteiger partial charge < -0.3 is 19.7 Å². The second-order valence-electron chi connectivity index (χ2n) is 8.79. The van der Waals surface area contributed by atoms with Crippen molar-refractivity contribution in [3.8, 4) is 0 Å². The molecule has 2 aromatic carbocycles. The SMILES string of the molecule is Cc1ccccc1CN1C(=O)O[C@H](c2ccc(NC(=O)c3cccs3)cc2)[C@@H]1C(=O)N1CCOCC1. The van der Waals surface area contributed by atoms with Crippen LogP contribution in [0.2, 0.25) is 0 Å². The van der Waals surface area contributed by atoms with Crippen molar-refractivity contribution in [1.82, 2.24) is 9.80 Å². The predicted molar refractivity (Wildman–Crippen MR) is 136 cm³/mol. The van der Waals surface area contributed by atoms with Crippen LogP contribution in [0.25, 0.3) is 0 Å². The summed E-state index contributed by atoms with van der Waals surface area (Å²) in [5, 5.41) is 4.72. The van der Waals surface area contributed by atoms with Crippen LogP contribution < -0.4 is 5.32 Å². The lowest BCUT2D eigenvalue weighted by Gasteiger charge is -2.33. The van der Waals surface area contributed by atoms with Gasteiger partial charge in [0, 0.05) is 18.8 Å². The average molecular weight is 506 g/mol. The van der Waals surface area contributed by atoms with Gasteiger partial charge in [-0.3, -0.25) is 14.5 Å². The van der Waals surface area contributed by atoms with E-state index < -0.39 is 18.2 Å². The number of hydrogen-bond acceptors (Lipinski definition) is 6. The molecule has 0 unspecified atom stereocenters. The van der Waals surface area contributed by atoms with Gasteiger partial charge in [-0.2, -0.15) is 0 Å². The number of nitrogens with one attached hydrogen (secondary N) is 1. The molecule has 0 aliphatic carbocycles. The summed E-state index contributed by atoms with van der Waals surface area (Å²) in [6, 6.07) is 17.7. The first-order valence-corrected chi connectivity index (χ1v) is 12.7. The number of benzene rings is 2. The summed E-state index contributed by atoms with van der Waals surface area (Å²) < 4.78 is 11.2. The first kappa shape index (κ1) is 24.0. The average Bonchev–Trinajstić information content (AvgIpc) is 3.55. The lowest BCUT2D eigenvalue weighted by Crippen LogP contribution is -2.51. The molecular formula is C27H27N3O5S. The molecule has 5 rings (SSSR count). The van der Waals surface area contributed by atoms with Crippen molar-refractivity contribution in [2.24, 2.45) is 0 Å². The third-order valence-electron chi connectivity index (χ3n) is 6.50. The van der Waals surface area contributed by atoms with Gasteiger partial charge in [0.15, 0.2) is 12.1 Å². The minimum absolute atomic E-state index is 0.155. The molecule has 0 bridgehead atoms. The Morgan fingerprint density at radius 1 is 1.03 bits per heavy atom. The van der Waals surface area contributed by atoms with Crippen LogP contribution in [0.4, 0.5) is 10.5 Å². The summed E-state index contributed by atoms with van der Waals surface area (Å²) in [6.45, 7) is 4.14. The topological polar surface area (TPSA) is 88.2 Å². The zero-order chi connectivity index (χ0) is 25.1.